The average molecular weight is 437 g/mol. The number of aromatic hydroxyl groups is 2. The third kappa shape index (κ3) is 4.85. The van der Waals surface area contributed by atoms with Gasteiger partial charge in [0.05, 0.1) is 0 Å². The molecule has 2 N–H and O–H groups in total. The van der Waals surface area contributed by atoms with Gasteiger partial charge in [-0.2, -0.15) is 0 Å². The van der Waals surface area contributed by atoms with Crippen LogP contribution in [0, 0.1) is 25.2 Å². The largest absolute Gasteiger partial charge is 0.507 e. The van der Waals surface area contributed by atoms with Crippen molar-refractivity contribution in [3.63, 3.8) is 0 Å². The molecule has 0 bridgehead atoms. The van der Waals surface area contributed by atoms with Crippen LogP contribution in [0.15, 0.2) is 24.3 Å². The normalized spacial score (nSPS) is 19.0. The Hall–Kier alpha value is -1.96. The summed E-state index contributed by atoms with van der Waals surface area (Å²) in [7, 11) is 0. The second kappa shape index (κ2) is 8.12. The van der Waals surface area contributed by atoms with Crippen LogP contribution in [0.4, 0.5) is 0 Å². The van der Waals surface area contributed by atoms with Crippen molar-refractivity contribution >= 4 is 0 Å². The van der Waals surface area contributed by atoms with Crippen molar-refractivity contribution < 1.29 is 10.2 Å². The van der Waals surface area contributed by atoms with Crippen LogP contribution < -0.4 is 0 Å². The predicted molar refractivity (Wildman–Crippen MR) is 136 cm³/mol. The Balaban J connectivity index is 2.33. The van der Waals surface area contributed by atoms with E-state index in [1.165, 1.54) is 6.42 Å². The van der Waals surface area contributed by atoms with E-state index in [4.69, 9.17) is 0 Å². The highest BCUT2D eigenvalue weighted by atomic mass is 16.3. The first-order valence-corrected chi connectivity index (χ1v) is 12.2. The van der Waals surface area contributed by atoms with Gasteiger partial charge in [0.15, 0.2) is 0 Å². The third-order valence-corrected chi connectivity index (χ3v) is 7.33. The molecule has 1 aliphatic carbocycles. The molecule has 1 fully saturated rings. The Kier molecular flexibility index (Phi) is 6.26. The van der Waals surface area contributed by atoms with Crippen molar-refractivity contribution in [1.29, 1.82) is 0 Å². The molecule has 1 saturated carbocycles. The fraction of sp³-hybridized carbons (Fsp3) is 0.600. The first kappa shape index (κ1) is 24.7. The molecule has 2 nitrogen and oxygen atoms in total. The standard InChI is InChI=1S/C30H44O2/c1-18-13-21(26(31)23(15-18)28(3,4)5)25(20-11-12-30(9,10)17-20)22-14-19(2)16-24(27(22)32)29(6,7)8/h13-16,20,25,31-32H,11-12,17H2,1-10H3. The molecule has 32 heavy (non-hydrogen) atoms. The summed E-state index contributed by atoms with van der Waals surface area (Å²) >= 11 is 0. The fourth-order valence-electron chi connectivity index (χ4n) is 5.68. The molecule has 0 heterocycles. The lowest BCUT2D eigenvalue weighted by Gasteiger charge is -2.32. The van der Waals surface area contributed by atoms with Crippen LogP contribution in [0.2, 0.25) is 0 Å². The molecule has 0 aromatic heterocycles. The summed E-state index contributed by atoms with van der Waals surface area (Å²) < 4.78 is 0. The van der Waals surface area contributed by atoms with E-state index in [1.54, 1.807) is 0 Å². The van der Waals surface area contributed by atoms with Gasteiger partial charge in [-0.15, -0.1) is 0 Å². The third-order valence-electron chi connectivity index (χ3n) is 7.33. The number of hydrogen-bond donors (Lipinski definition) is 2. The number of rotatable bonds is 3. The Morgan fingerprint density at radius 3 is 1.50 bits per heavy atom. The van der Waals surface area contributed by atoms with Crippen LogP contribution in [0.3, 0.4) is 0 Å². The fourth-order valence-corrected chi connectivity index (χ4v) is 5.68. The summed E-state index contributed by atoms with van der Waals surface area (Å²) in [4.78, 5) is 0. The van der Waals surface area contributed by atoms with Crippen molar-refractivity contribution in [2.24, 2.45) is 11.3 Å². The minimum atomic E-state index is -0.157. The Bertz CT molecular complexity index is 929. The maximum atomic E-state index is 11.6. The molecule has 0 spiro atoms. The molecule has 2 aromatic rings. The second-order valence-corrected chi connectivity index (χ2v) is 13.1. The van der Waals surface area contributed by atoms with Gasteiger partial charge in [0.2, 0.25) is 0 Å². The minimum Gasteiger partial charge on any atom is -0.507 e. The molecule has 1 atom stereocenters. The molecule has 2 aromatic carbocycles. The number of phenolic OH excluding ortho intramolecular Hbond substituents is 2. The summed E-state index contributed by atoms with van der Waals surface area (Å²) in [6, 6.07) is 8.54. The topological polar surface area (TPSA) is 40.5 Å². The Morgan fingerprint density at radius 1 is 0.781 bits per heavy atom. The molecule has 0 saturated heterocycles. The monoisotopic (exact) mass is 436 g/mol. The average Bonchev–Trinajstić information content (AvgIpc) is 2.98. The summed E-state index contributed by atoms with van der Waals surface area (Å²) in [6.45, 7) is 21.8. The van der Waals surface area contributed by atoms with Crippen LogP contribution in [0.25, 0.3) is 0 Å². The number of aryl methyl sites for hydroxylation is 2. The Labute approximate surface area is 196 Å². The van der Waals surface area contributed by atoms with Gasteiger partial charge < -0.3 is 10.2 Å². The Morgan fingerprint density at radius 2 is 1.19 bits per heavy atom. The van der Waals surface area contributed by atoms with E-state index >= 15 is 0 Å². The SMILES string of the molecule is Cc1cc(C(c2cc(C)cc(C(C)(C)C)c2O)C2CCC(C)(C)C2)c(O)c(C(C)(C)C)c1. The zero-order chi connectivity index (χ0) is 24.2. The number of phenols is 2. The number of hydrogen-bond acceptors (Lipinski definition) is 2. The maximum Gasteiger partial charge on any atom is 0.123 e. The molecular formula is C30H44O2. The highest BCUT2D eigenvalue weighted by molar-refractivity contribution is 5.56. The van der Waals surface area contributed by atoms with Gasteiger partial charge in [-0.25, -0.2) is 0 Å². The van der Waals surface area contributed by atoms with E-state index in [2.05, 4.69) is 93.5 Å². The highest BCUT2D eigenvalue weighted by Crippen LogP contribution is 2.54. The van der Waals surface area contributed by atoms with E-state index in [0.717, 1.165) is 46.2 Å². The van der Waals surface area contributed by atoms with Crippen molar-refractivity contribution in [2.45, 2.75) is 105 Å². The quantitative estimate of drug-likeness (QED) is 0.508. The molecule has 3 rings (SSSR count). The van der Waals surface area contributed by atoms with Gasteiger partial charge in [0, 0.05) is 17.0 Å². The molecule has 0 aliphatic heterocycles. The first-order chi connectivity index (χ1) is 14.5. The van der Waals surface area contributed by atoms with Gasteiger partial charge in [-0.1, -0.05) is 90.8 Å². The van der Waals surface area contributed by atoms with E-state index in [0.29, 0.717) is 17.4 Å². The summed E-state index contributed by atoms with van der Waals surface area (Å²) in [5.74, 6) is 1.15. The van der Waals surface area contributed by atoms with E-state index in [-0.39, 0.29) is 22.2 Å². The van der Waals surface area contributed by atoms with E-state index < -0.39 is 0 Å². The molecule has 0 radical (unpaired) electrons. The lowest BCUT2D eigenvalue weighted by atomic mass is 9.73. The lowest BCUT2D eigenvalue weighted by Crippen LogP contribution is -2.19. The zero-order valence-electron chi connectivity index (χ0n) is 22.0. The maximum absolute atomic E-state index is 11.6. The molecule has 2 heteroatoms. The molecule has 176 valence electrons. The van der Waals surface area contributed by atoms with Gasteiger partial charge in [0.25, 0.3) is 0 Å². The van der Waals surface area contributed by atoms with E-state index in [9.17, 15) is 10.2 Å². The molecule has 0 amide bonds. The van der Waals surface area contributed by atoms with Crippen molar-refractivity contribution in [3.8, 4) is 11.5 Å². The molecular weight excluding hydrogens is 392 g/mol. The summed E-state index contributed by atoms with van der Waals surface area (Å²) in [5, 5.41) is 23.2. The van der Waals surface area contributed by atoms with Crippen molar-refractivity contribution in [1.82, 2.24) is 0 Å². The van der Waals surface area contributed by atoms with Crippen molar-refractivity contribution in [2.75, 3.05) is 0 Å². The van der Waals surface area contributed by atoms with Gasteiger partial charge >= 0.3 is 0 Å². The predicted octanol–water partition coefficient (Wildman–Crippen LogP) is 8.27. The minimum absolute atomic E-state index is 0.0289. The van der Waals surface area contributed by atoms with E-state index in [1.807, 2.05) is 0 Å². The molecule has 1 aliphatic rings. The van der Waals surface area contributed by atoms with Crippen LogP contribution in [0.1, 0.15) is 114 Å². The summed E-state index contributed by atoms with van der Waals surface area (Å²) in [5.41, 5.74) is 6.20. The van der Waals surface area contributed by atoms with Crippen LogP contribution in [-0.4, -0.2) is 10.2 Å². The zero-order valence-corrected chi connectivity index (χ0v) is 22.0. The van der Waals surface area contributed by atoms with Crippen molar-refractivity contribution in [3.05, 3.63) is 57.6 Å². The van der Waals surface area contributed by atoms with Gasteiger partial charge in [-0.05, 0) is 66.4 Å². The van der Waals surface area contributed by atoms with Crippen LogP contribution in [-0.2, 0) is 10.8 Å². The van der Waals surface area contributed by atoms with Crippen LogP contribution in [0.5, 0.6) is 11.5 Å². The van der Waals surface area contributed by atoms with Gasteiger partial charge in [0.1, 0.15) is 11.5 Å². The highest BCUT2D eigenvalue weighted by Gasteiger charge is 2.40. The second-order valence-electron chi connectivity index (χ2n) is 13.1. The smallest absolute Gasteiger partial charge is 0.123 e. The van der Waals surface area contributed by atoms with Crippen LogP contribution >= 0.6 is 0 Å². The number of benzene rings is 2. The van der Waals surface area contributed by atoms with Gasteiger partial charge in [-0.3, -0.25) is 0 Å². The molecule has 1 unspecified atom stereocenters. The summed E-state index contributed by atoms with van der Waals surface area (Å²) in [6.07, 6.45) is 3.37. The lowest BCUT2D eigenvalue weighted by molar-refractivity contribution is 0.342. The first-order valence-electron chi connectivity index (χ1n) is 12.2.